The SMILES string of the molecule is CC(C)N(CCO[Si](c1ccccc1)(c1ccccc1)C(C)(C)C)C(=O)OC(COCc1ccccc1)C(=O)C(F)(F)C(C)O. The number of hydrogen-bond acceptors (Lipinski definition) is 6. The zero-order chi connectivity index (χ0) is 33.3. The lowest BCUT2D eigenvalue weighted by Gasteiger charge is -2.43. The third kappa shape index (κ3) is 8.85. The molecule has 3 aromatic carbocycles. The van der Waals surface area contributed by atoms with Crippen LogP contribution in [0.2, 0.25) is 5.04 Å². The highest BCUT2D eigenvalue weighted by molar-refractivity contribution is 6.99. The average molecular weight is 642 g/mol. The molecular formula is C35H45F2NO6Si. The Morgan fingerprint density at radius 1 is 0.844 bits per heavy atom. The van der Waals surface area contributed by atoms with Crippen molar-refractivity contribution >= 4 is 30.6 Å². The molecular weight excluding hydrogens is 596 g/mol. The van der Waals surface area contributed by atoms with E-state index in [0.29, 0.717) is 0 Å². The van der Waals surface area contributed by atoms with Crippen molar-refractivity contribution in [2.75, 3.05) is 19.8 Å². The molecule has 0 spiro atoms. The Morgan fingerprint density at radius 2 is 1.33 bits per heavy atom. The number of benzene rings is 3. The molecule has 10 heteroatoms. The number of halogens is 2. The van der Waals surface area contributed by atoms with Crippen LogP contribution in [0.5, 0.6) is 0 Å². The molecule has 0 saturated heterocycles. The normalized spacial score (nSPS) is 13.7. The molecule has 2 unspecified atom stereocenters. The highest BCUT2D eigenvalue weighted by atomic mass is 28.4. The summed E-state index contributed by atoms with van der Waals surface area (Å²) >= 11 is 0. The molecule has 0 heterocycles. The van der Waals surface area contributed by atoms with E-state index in [9.17, 15) is 23.5 Å². The van der Waals surface area contributed by atoms with Gasteiger partial charge in [0.25, 0.3) is 8.32 Å². The molecule has 0 fully saturated rings. The fraction of sp³-hybridized carbons (Fsp3) is 0.429. The van der Waals surface area contributed by atoms with Gasteiger partial charge < -0.3 is 23.9 Å². The summed E-state index contributed by atoms with van der Waals surface area (Å²) in [6.45, 7) is 10.4. The predicted octanol–water partition coefficient (Wildman–Crippen LogP) is 5.58. The van der Waals surface area contributed by atoms with Gasteiger partial charge in [0.15, 0.2) is 6.10 Å². The highest BCUT2D eigenvalue weighted by Gasteiger charge is 2.51. The first kappa shape index (κ1) is 36.0. The Balaban J connectivity index is 1.83. The van der Waals surface area contributed by atoms with Crippen molar-refractivity contribution in [1.29, 1.82) is 0 Å². The lowest BCUT2D eigenvalue weighted by Crippen LogP contribution is -2.67. The molecule has 2 atom stereocenters. The number of amides is 1. The summed E-state index contributed by atoms with van der Waals surface area (Å²) in [5.41, 5.74) is 0.751. The average Bonchev–Trinajstić information content (AvgIpc) is 3.00. The Bertz CT molecular complexity index is 1310. The molecule has 0 aliphatic heterocycles. The Hall–Kier alpha value is -3.44. The molecule has 7 nitrogen and oxygen atoms in total. The first-order valence-corrected chi connectivity index (χ1v) is 17.1. The van der Waals surface area contributed by atoms with E-state index in [1.54, 1.807) is 38.1 Å². The van der Waals surface area contributed by atoms with Crippen LogP contribution in [0.1, 0.15) is 47.1 Å². The summed E-state index contributed by atoms with van der Waals surface area (Å²) in [6.07, 6.45) is -5.18. The maximum Gasteiger partial charge on any atom is 0.410 e. The fourth-order valence-corrected chi connectivity index (χ4v) is 9.80. The van der Waals surface area contributed by atoms with Gasteiger partial charge in [-0.15, -0.1) is 0 Å². The molecule has 0 aromatic heterocycles. The Kier molecular flexibility index (Phi) is 12.6. The number of Topliss-reactive ketones (excluding diaryl/α,β-unsaturated/α-hetero) is 1. The monoisotopic (exact) mass is 641 g/mol. The van der Waals surface area contributed by atoms with Crippen molar-refractivity contribution in [2.45, 2.75) is 77.4 Å². The second-order valence-electron chi connectivity index (χ2n) is 12.3. The number of ether oxygens (including phenoxy) is 2. The van der Waals surface area contributed by atoms with Crippen molar-refractivity contribution in [3.63, 3.8) is 0 Å². The fourth-order valence-electron chi connectivity index (χ4n) is 5.25. The van der Waals surface area contributed by atoms with Crippen molar-refractivity contribution in [3.05, 3.63) is 96.6 Å². The predicted molar refractivity (Wildman–Crippen MR) is 173 cm³/mol. The molecule has 1 N–H and O–H groups in total. The number of carbonyl (C=O) groups excluding carboxylic acids is 2. The molecule has 0 bridgehead atoms. The van der Waals surface area contributed by atoms with Gasteiger partial charge in [-0.3, -0.25) is 4.79 Å². The largest absolute Gasteiger partial charge is 0.435 e. The van der Waals surface area contributed by atoms with E-state index < -0.39 is 51.0 Å². The Labute approximate surface area is 266 Å². The minimum absolute atomic E-state index is 0.0165. The van der Waals surface area contributed by atoms with Crippen LogP contribution >= 0.6 is 0 Å². The first-order chi connectivity index (χ1) is 21.2. The van der Waals surface area contributed by atoms with Crippen LogP contribution in [0, 0.1) is 0 Å². The van der Waals surface area contributed by atoms with Crippen molar-refractivity contribution in [2.24, 2.45) is 0 Å². The van der Waals surface area contributed by atoms with E-state index in [2.05, 4.69) is 45.0 Å². The zero-order valence-corrected chi connectivity index (χ0v) is 27.9. The van der Waals surface area contributed by atoms with E-state index in [0.717, 1.165) is 22.9 Å². The van der Waals surface area contributed by atoms with Crippen LogP contribution in [0.4, 0.5) is 13.6 Å². The van der Waals surface area contributed by atoms with Gasteiger partial charge >= 0.3 is 12.0 Å². The number of ketones is 1. The van der Waals surface area contributed by atoms with Crippen LogP contribution in [0.15, 0.2) is 91.0 Å². The maximum absolute atomic E-state index is 14.6. The Morgan fingerprint density at radius 3 is 1.78 bits per heavy atom. The van der Waals surface area contributed by atoms with E-state index in [1.165, 1.54) is 4.90 Å². The van der Waals surface area contributed by atoms with Crippen LogP contribution < -0.4 is 10.4 Å². The summed E-state index contributed by atoms with van der Waals surface area (Å²) in [5, 5.41) is 11.5. The van der Waals surface area contributed by atoms with E-state index in [4.69, 9.17) is 13.9 Å². The second-order valence-corrected chi connectivity index (χ2v) is 16.6. The molecule has 0 radical (unpaired) electrons. The van der Waals surface area contributed by atoms with Gasteiger partial charge in [0.05, 0.1) is 19.8 Å². The van der Waals surface area contributed by atoms with Crippen molar-refractivity contribution in [3.8, 4) is 0 Å². The van der Waals surface area contributed by atoms with Gasteiger partial charge in [-0.1, -0.05) is 112 Å². The number of nitrogens with zero attached hydrogens (tertiary/aromatic N) is 1. The van der Waals surface area contributed by atoms with Gasteiger partial charge in [0, 0.05) is 12.6 Å². The number of alkyl halides is 2. The maximum atomic E-state index is 14.6. The van der Waals surface area contributed by atoms with Crippen molar-refractivity contribution < 1.29 is 37.4 Å². The molecule has 3 rings (SSSR count). The lowest BCUT2D eigenvalue weighted by atomic mass is 10.1. The quantitative estimate of drug-likeness (QED) is 0.218. The van der Waals surface area contributed by atoms with Crippen molar-refractivity contribution in [1.82, 2.24) is 4.90 Å². The van der Waals surface area contributed by atoms with Gasteiger partial charge in [-0.05, 0) is 41.7 Å². The molecule has 3 aromatic rings. The van der Waals surface area contributed by atoms with E-state index in [-0.39, 0.29) is 24.8 Å². The minimum atomic E-state index is -4.14. The molecule has 1 amide bonds. The van der Waals surface area contributed by atoms with E-state index >= 15 is 0 Å². The standard InChI is InChI=1S/C35H45F2NO6Si/c1-26(2)38(22-23-43-45(34(4,5)6,29-18-12-8-13-19-29)30-20-14-9-15-21-30)33(41)44-31(32(40)35(36,37)27(3)39)25-42-24-28-16-10-7-11-17-28/h7-21,26-27,31,39H,22-25H2,1-6H3. The zero-order valence-electron chi connectivity index (χ0n) is 26.9. The topological polar surface area (TPSA) is 85.3 Å². The molecule has 0 aliphatic rings. The van der Waals surface area contributed by atoms with Crippen LogP contribution in [-0.2, 0) is 25.3 Å². The van der Waals surface area contributed by atoms with Crippen LogP contribution in [-0.4, -0.2) is 74.1 Å². The molecule has 0 aliphatic carbocycles. The summed E-state index contributed by atoms with van der Waals surface area (Å²) in [7, 11) is -2.90. The third-order valence-corrected chi connectivity index (χ3v) is 12.7. The lowest BCUT2D eigenvalue weighted by molar-refractivity contribution is -0.171. The summed E-state index contributed by atoms with van der Waals surface area (Å²) in [5.74, 6) is -5.87. The molecule has 244 valence electrons. The summed E-state index contributed by atoms with van der Waals surface area (Å²) < 4.78 is 47.1. The third-order valence-electron chi connectivity index (χ3n) is 7.69. The van der Waals surface area contributed by atoms with Crippen LogP contribution in [0.3, 0.4) is 0 Å². The smallest absolute Gasteiger partial charge is 0.410 e. The van der Waals surface area contributed by atoms with Gasteiger partial charge in [0.1, 0.15) is 6.10 Å². The van der Waals surface area contributed by atoms with E-state index in [1.807, 2.05) is 42.5 Å². The molecule has 45 heavy (non-hydrogen) atoms. The van der Waals surface area contributed by atoms with Crippen LogP contribution in [0.25, 0.3) is 0 Å². The number of hydrogen-bond donors (Lipinski definition) is 1. The number of carbonyl (C=O) groups is 2. The number of aliphatic hydroxyl groups excluding tert-OH is 1. The number of aliphatic hydroxyl groups is 1. The highest BCUT2D eigenvalue weighted by Crippen LogP contribution is 2.36. The second kappa shape index (κ2) is 15.7. The summed E-state index contributed by atoms with van der Waals surface area (Å²) in [6, 6.07) is 28.6. The first-order valence-electron chi connectivity index (χ1n) is 15.2. The van der Waals surface area contributed by atoms with Gasteiger partial charge in [-0.25, -0.2) is 4.79 Å². The summed E-state index contributed by atoms with van der Waals surface area (Å²) in [4.78, 5) is 27.7. The van der Waals surface area contributed by atoms with Gasteiger partial charge in [0.2, 0.25) is 5.78 Å². The van der Waals surface area contributed by atoms with Gasteiger partial charge in [-0.2, -0.15) is 8.78 Å². The molecule has 0 saturated carbocycles. The minimum Gasteiger partial charge on any atom is -0.435 e. The number of rotatable bonds is 15.